The molecule has 2 atom stereocenters. The zero-order chi connectivity index (χ0) is 16.0. The maximum Gasteiger partial charge on any atom is 0.261 e. The number of rotatable bonds is 3. The average Bonchev–Trinajstić information content (AvgIpc) is 3.20. The van der Waals surface area contributed by atoms with E-state index < -0.39 is 0 Å². The molecule has 6 heteroatoms. The summed E-state index contributed by atoms with van der Waals surface area (Å²) in [6.45, 7) is 4.60. The van der Waals surface area contributed by atoms with Crippen LogP contribution < -0.4 is 5.32 Å². The first-order chi connectivity index (χ1) is 11.1. The van der Waals surface area contributed by atoms with Crippen LogP contribution in [-0.4, -0.2) is 36.0 Å². The molecule has 1 amide bonds. The van der Waals surface area contributed by atoms with E-state index >= 15 is 0 Å². The smallest absolute Gasteiger partial charge is 0.261 e. The van der Waals surface area contributed by atoms with Crippen LogP contribution in [0.3, 0.4) is 0 Å². The minimum Gasteiger partial charge on any atom is -0.347 e. The number of carbonyl (C=O) groups excluding carboxylic acids is 1. The standard InChI is InChI=1S/C17H19ClN2OS2/c1-10-16(11-6-8-20(10)9-7-11)19-17(21)14-3-2-12(22-14)13-4-5-15(18)23-13/h2-5,10-11,16H,6-9H2,1H3,(H,19,21)/t10-,16-/m0/s1. The van der Waals surface area contributed by atoms with Crippen molar-refractivity contribution in [3.63, 3.8) is 0 Å². The van der Waals surface area contributed by atoms with Crippen molar-refractivity contribution in [2.75, 3.05) is 13.1 Å². The minimum atomic E-state index is 0.0644. The number of halogens is 1. The summed E-state index contributed by atoms with van der Waals surface area (Å²) >= 11 is 9.09. The quantitative estimate of drug-likeness (QED) is 0.876. The SMILES string of the molecule is C[C@H]1[C@H](NC(=O)c2ccc(-c3ccc(Cl)s3)s2)C2CCN1CC2. The van der Waals surface area contributed by atoms with Gasteiger partial charge in [-0.3, -0.25) is 9.69 Å². The van der Waals surface area contributed by atoms with E-state index in [1.54, 1.807) is 22.7 Å². The van der Waals surface area contributed by atoms with E-state index in [9.17, 15) is 4.79 Å². The van der Waals surface area contributed by atoms with Crippen molar-refractivity contribution in [1.29, 1.82) is 0 Å². The molecular formula is C17H19ClN2OS2. The number of hydrogen-bond acceptors (Lipinski definition) is 4. The van der Waals surface area contributed by atoms with Crippen LogP contribution in [0.5, 0.6) is 0 Å². The zero-order valence-corrected chi connectivity index (χ0v) is 15.3. The van der Waals surface area contributed by atoms with Gasteiger partial charge in [0.25, 0.3) is 5.91 Å². The van der Waals surface area contributed by atoms with Gasteiger partial charge in [0.2, 0.25) is 0 Å². The summed E-state index contributed by atoms with van der Waals surface area (Å²) in [6, 6.07) is 8.58. The fourth-order valence-electron chi connectivity index (χ4n) is 3.81. The largest absolute Gasteiger partial charge is 0.347 e. The van der Waals surface area contributed by atoms with E-state index in [0.29, 0.717) is 12.0 Å². The number of nitrogens with zero attached hydrogens (tertiary/aromatic N) is 1. The van der Waals surface area contributed by atoms with E-state index in [2.05, 4.69) is 17.1 Å². The Bertz CT molecular complexity index is 716. The Balaban J connectivity index is 1.48. The lowest BCUT2D eigenvalue weighted by molar-refractivity contribution is 0.0218. The first-order valence-corrected chi connectivity index (χ1v) is 10.0. The van der Waals surface area contributed by atoms with Crippen molar-refractivity contribution in [3.8, 4) is 9.75 Å². The molecule has 3 aliphatic rings. The van der Waals surface area contributed by atoms with Gasteiger partial charge >= 0.3 is 0 Å². The van der Waals surface area contributed by atoms with Gasteiger partial charge in [-0.2, -0.15) is 0 Å². The molecule has 122 valence electrons. The first-order valence-electron chi connectivity index (χ1n) is 8.02. The summed E-state index contributed by atoms with van der Waals surface area (Å²) < 4.78 is 0.778. The third-order valence-corrected chi connectivity index (χ3v) is 7.63. The number of thiophene rings is 2. The molecule has 3 aliphatic heterocycles. The minimum absolute atomic E-state index is 0.0644. The molecule has 0 aliphatic carbocycles. The van der Waals surface area contributed by atoms with E-state index in [-0.39, 0.29) is 11.9 Å². The molecule has 0 aromatic carbocycles. The Morgan fingerprint density at radius 3 is 2.52 bits per heavy atom. The maximum absolute atomic E-state index is 12.6. The number of carbonyl (C=O) groups is 1. The third-order valence-electron chi connectivity index (χ3n) is 5.12. The van der Waals surface area contributed by atoms with Crippen LogP contribution in [0.2, 0.25) is 4.34 Å². The van der Waals surface area contributed by atoms with Crippen molar-refractivity contribution in [2.45, 2.75) is 31.8 Å². The molecule has 3 fully saturated rings. The molecular weight excluding hydrogens is 348 g/mol. The summed E-state index contributed by atoms with van der Waals surface area (Å²) in [5.41, 5.74) is 0. The third kappa shape index (κ3) is 2.95. The average molecular weight is 367 g/mol. The lowest BCUT2D eigenvalue weighted by Gasteiger charge is -2.49. The van der Waals surface area contributed by atoms with Gasteiger partial charge in [-0.25, -0.2) is 0 Å². The second-order valence-electron chi connectivity index (χ2n) is 6.38. The van der Waals surface area contributed by atoms with Crippen molar-refractivity contribution in [1.82, 2.24) is 10.2 Å². The van der Waals surface area contributed by atoms with Crippen LogP contribution in [0.15, 0.2) is 24.3 Å². The molecule has 2 bridgehead atoms. The van der Waals surface area contributed by atoms with Gasteiger partial charge < -0.3 is 5.32 Å². The molecule has 2 aromatic heterocycles. The number of hydrogen-bond donors (Lipinski definition) is 1. The zero-order valence-electron chi connectivity index (χ0n) is 12.9. The Morgan fingerprint density at radius 2 is 1.87 bits per heavy atom. The van der Waals surface area contributed by atoms with Crippen molar-refractivity contribution in [2.24, 2.45) is 5.92 Å². The van der Waals surface area contributed by atoms with Gasteiger partial charge in [-0.1, -0.05) is 11.6 Å². The molecule has 5 heterocycles. The topological polar surface area (TPSA) is 32.3 Å². The van der Waals surface area contributed by atoms with Gasteiger partial charge in [-0.05, 0) is 63.0 Å². The highest BCUT2D eigenvalue weighted by molar-refractivity contribution is 7.24. The molecule has 23 heavy (non-hydrogen) atoms. The highest BCUT2D eigenvalue weighted by atomic mass is 35.5. The van der Waals surface area contributed by atoms with E-state index in [1.807, 2.05) is 24.3 Å². The van der Waals surface area contributed by atoms with Crippen molar-refractivity contribution in [3.05, 3.63) is 33.5 Å². The second kappa shape index (κ2) is 6.20. The fourth-order valence-corrected chi connectivity index (χ4v) is 5.85. The van der Waals surface area contributed by atoms with Gasteiger partial charge in [0.05, 0.1) is 9.21 Å². The Morgan fingerprint density at radius 1 is 1.17 bits per heavy atom. The Hall–Kier alpha value is -0.880. The summed E-state index contributed by atoms with van der Waals surface area (Å²) in [4.78, 5) is 18.2. The van der Waals surface area contributed by atoms with Crippen molar-refractivity contribution < 1.29 is 4.79 Å². The first kappa shape index (κ1) is 15.6. The van der Waals surface area contributed by atoms with Gasteiger partial charge in [0.15, 0.2) is 0 Å². The van der Waals surface area contributed by atoms with Crippen LogP contribution in [0.4, 0.5) is 0 Å². The van der Waals surface area contributed by atoms with E-state index in [4.69, 9.17) is 11.6 Å². The summed E-state index contributed by atoms with van der Waals surface area (Å²) in [5.74, 6) is 0.698. The van der Waals surface area contributed by atoms with Crippen LogP contribution in [0.1, 0.15) is 29.4 Å². The molecule has 1 N–H and O–H groups in total. The van der Waals surface area contributed by atoms with Crippen LogP contribution >= 0.6 is 34.3 Å². The molecule has 0 radical (unpaired) electrons. The fraction of sp³-hybridized carbons (Fsp3) is 0.471. The van der Waals surface area contributed by atoms with E-state index in [1.165, 1.54) is 25.9 Å². The normalized spacial score (nSPS) is 29.7. The number of piperidine rings is 3. The van der Waals surface area contributed by atoms with Gasteiger partial charge in [0, 0.05) is 21.8 Å². The molecule has 2 aromatic rings. The lowest BCUT2D eigenvalue weighted by Crippen LogP contribution is -2.62. The predicted octanol–water partition coefficient (Wildman–Crippen LogP) is 4.34. The van der Waals surface area contributed by atoms with E-state index in [0.717, 1.165) is 19.0 Å². The molecule has 0 spiro atoms. The van der Waals surface area contributed by atoms with Crippen molar-refractivity contribution >= 4 is 40.2 Å². The second-order valence-corrected chi connectivity index (χ2v) is 9.18. The molecule has 3 nitrogen and oxygen atoms in total. The number of fused-ring (bicyclic) bond motifs is 3. The lowest BCUT2D eigenvalue weighted by atomic mass is 9.79. The highest BCUT2D eigenvalue weighted by Gasteiger charge is 2.40. The van der Waals surface area contributed by atoms with Gasteiger partial charge in [0.1, 0.15) is 0 Å². The summed E-state index contributed by atoms with van der Waals surface area (Å²) in [5, 5.41) is 3.29. The van der Waals surface area contributed by atoms with Crippen LogP contribution in [0.25, 0.3) is 9.75 Å². The van der Waals surface area contributed by atoms with Gasteiger partial charge in [-0.15, -0.1) is 22.7 Å². The summed E-state index contributed by atoms with van der Waals surface area (Å²) in [7, 11) is 0. The maximum atomic E-state index is 12.6. The molecule has 0 unspecified atom stereocenters. The molecule has 0 saturated carbocycles. The molecule has 5 rings (SSSR count). The Labute approximate surface area is 149 Å². The molecule has 3 saturated heterocycles. The van der Waals surface area contributed by atoms with Crippen LogP contribution in [0, 0.1) is 5.92 Å². The Kier molecular flexibility index (Phi) is 4.22. The van der Waals surface area contributed by atoms with Crippen LogP contribution in [-0.2, 0) is 0 Å². The predicted molar refractivity (Wildman–Crippen MR) is 97.7 cm³/mol. The number of amides is 1. The summed E-state index contributed by atoms with van der Waals surface area (Å²) in [6.07, 6.45) is 2.41. The number of nitrogens with one attached hydrogen (secondary N) is 1. The monoisotopic (exact) mass is 366 g/mol. The highest BCUT2D eigenvalue weighted by Crippen LogP contribution is 2.36.